The summed E-state index contributed by atoms with van der Waals surface area (Å²) in [6.07, 6.45) is 1.20. The molecule has 0 saturated carbocycles. The maximum atomic E-state index is 14.7. The number of para-hydroxylation sites is 1. The summed E-state index contributed by atoms with van der Waals surface area (Å²) in [5, 5.41) is 7.13. The van der Waals surface area contributed by atoms with Crippen molar-refractivity contribution in [3.63, 3.8) is 0 Å². The fraction of sp³-hybridized carbons (Fsp3) is 0.143. The summed E-state index contributed by atoms with van der Waals surface area (Å²) in [5.74, 6) is -9.26. The molecular formula is C28H23F4N7O4S. The Bertz CT molecular complexity index is 1990. The van der Waals surface area contributed by atoms with Gasteiger partial charge < -0.3 is 15.8 Å². The van der Waals surface area contributed by atoms with Crippen LogP contribution in [0.4, 0.5) is 23.4 Å². The Kier molecular flexibility index (Phi) is 8.21. The van der Waals surface area contributed by atoms with Gasteiger partial charge in [-0.3, -0.25) is 4.79 Å². The van der Waals surface area contributed by atoms with Gasteiger partial charge in [0, 0.05) is 26.2 Å². The number of sulfonamides is 1. The first-order valence-corrected chi connectivity index (χ1v) is 14.2. The van der Waals surface area contributed by atoms with Gasteiger partial charge in [0.1, 0.15) is 39.8 Å². The van der Waals surface area contributed by atoms with E-state index in [1.54, 1.807) is 36.4 Å². The predicted molar refractivity (Wildman–Crippen MR) is 151 cm³/mol. The van der Waals surface area contributed by atoms with Crippen molar-refractivity contribution >= 4 is 32.8 Å². The molecule has 5 aromatic rings. The van der Waals surface area contributed by atoms with E-state index in [9.17, 15) is 30.8 Å². The lowest BCUT2D eigenvalue weighted by atomic mass is 10.1. The lowest BCUT2D eigenvalue weighted by molar-refractivity contribution is 0.0941. The summed E-state index contributed by atoms with van der Waals surface area (Å²) < 4.78 is 90.2. The molecule has 0 bridgehead atoms. The average molecular weight is 630 g/mol. The molecule has 0 spiro atoms. The van der Waals surface area contributed by atoms with Crippen LogP contribution in [0.2, 0.25) is 0 Å². The SMILES string of the molecule is CN(C)S(=O)(=O)c1c(F)c(F)c(F)c(F)c1C(=O)NCCn1nc(-c2ccc(Oc3ccccc3)cc2)c2c(N)ncnc21. The summed E-state index contributed by atoms with van der Waals surface area (Å²) in [6.45, 7) is -0.470. The highest BCUT2D eigenvalue weighted by Crippen LogP contribution is 2.32. The number of nitrogen functional groups attached to an aromatic ring is 1. The number of hydrogen-bond donors (Lipinski definition) is 2. The largest absolute Gasteiger partial charge is 0.457 e. The number of amides is 1. The van der Waals surface area contributed by atoms with Gasteiger partial charge in [-0.25, -0.2) is 44.9 Å². The molecule has 44 heavy (non-hydrogen) atoms. The zero-order valence-corrected chi connectivity index (χ0v) is 23.9. The van der Waals surface area contributed by atoms with Crippen LogP contribution in [0.25, 0.3) is 22.3 Å². The second kappa shape index (κ2) is 11.9. The van der Waals surface area contributed by atoms with Crippen LogP contribution in [0, 0.1) is 23.3 Å². The number of nitrogens with zero attached hydrogens (tertiary/aromatic N) is 5. The lowest BCUT2D eigenvalue weighted by Gasteiger charge is -2.17. The topological polar surface area (TPSA) is 145 Å². The predicted octanol–water partition coefficient (Wildman–Crippen LogP) is 4.10. The Hall–Kier alpha value is -5.09. The van der Waals surface area contributed by atoms with Crippen LogP contribution in [0.5, 0.6) is 11.5 Å². The zero-order valence-electron chi connectivity index (χ0n) is 23.1. The average Bonchev–Trinajstić information content (AvgIpc) is 3.38. The molecule has 2 aromatic heterocycles. The fourth-order valence-electron chi connectivity index (χ4n) is 4.30. The van der Waals surface area contributed by atoms with Crippen molar-refractivity contribution in [1.29, 1.82) is 0 Å². The molecule has 0 unspecified atom stereocenters. The molecule has 228 valence electrons. The molecule has 0 radical (unpaired) electrons. The number of halogens is 4. The fourth-order valence-corrected chi connectivity index (χ4v) is 5.42. The van der Waals surface area contributed by atoms with Crippen LogP contribution in [-0.2, 0) is 16.6 Å². The molecule has 0 atom stereocenters. The third kappa shape index (κ3) is 5.51. The Morgan fingerprint density at radius 1 is 0.932 bits per heavy atom. The van der Waals surface area contributed by atoms with Crippen LogP contribution in [0.15, 0.2) is 65.8 Å². The Morgan fingerprint density at radius 3 is 2.23 bits per heavy atom. The molecular weight excluding hydrogens is 606 g/mol. The second-order valence-corrected chi connectivity index (χ2v) is 11.6. The summed E-state index contributed by atoms with van der Waals surface area (Å²) >= 11 is 0. The van der Waals surface area contributed by atoms with E-state index in [-0.39, 0.29) is 24.6 Å². The van der Waals surface area contributed by atoms with E-state index < -0.39 is 49.7 Å². The van der Waals surface area contributed by atoms with Gasteiger partial charge in [0.2, 0.25) is 10.0 Å². The van der Waals surface area contributed by atoms with E-state index >= 15 is 0 Å². The number of carbonyl (C=O) groups excluding carboxylic acids is 1. The number of rotatable bonds is 9. The first kappa shape index (κ1) is 30.4. The van der Waals surface area contributed by atoms with Crippen molar-refractivity contribution in [2.75, 3.05) is 26.4 Å². The van der Waals surface area contributed by atoms with E-state index in [0.717, 1.165) is 14.1 Å². The number of nitrogens with two attached hydrogens (primary N) is 1. The molecule has 16 heteroatoms. The van der Waals surface area contributed by atoms with Gasteiger partial charge in [-0.2, -0.15) is 5.10 Å². The van der Waals surface area contributed by atoms with Gasteiger partial charge in [0.15, 0.2) is 28.9 Å². The summed E-state index contributed by atoms with van der Waals surface area (Å²) in [7, 11) is -3.01. The van der Waals surface area contributed by atoms with E-state index in [2.05, 4.69) is 20.4 Å². The number of ether oxygens (including phenoxy) is 1. The Labute approximate surface area is 248 Å². The van der Waals surface area contributed by atoms with Crippen LogP contribution in [-0.4, -0.2) is 59.0 Å². The van der Waals surface area contributed by atoms with Crippen molar-refractivity contribution in [3.05, 3.63) is 89.8 Å². The maximum Gasteiger partial charge on any atom is 0.255 e. The molecule has 11 nitrogen and oxygen atoms in total. The first-order valence-electron chi connectivity index (χ1n) is 12.8. The van der Waals surface area contributed by atoms with Gasteiger partial charge >= 0.3 is 0 Å². The van der Waals surface area contributed by atoms with Gasteiger partial charge in [-0.15, -0.1) is 0 Å². The smallest absolute Gasteiger partial charge is 0.255 e. The molecule has 0 fully saturated rings. The first-order chi connectivity index (χ1) is 20.9. The Morgan fingerprint density at radius 2 is 1.57 bits per heavy atom. The van der Waals surface area contributed by atoms with Crippen molar-refractivity contribution in [2.24, 2.45) is 0 Å². The monoisotopic (exact) mass is 629 g/mol. The molecule has 0 aliphatic heterocycles. The van der Waals surface area contributed by atoms with E-state index in [4.69, 9.17) is 10.5 Å². The molecule has 0 aliphatic carbocycles. The zero-order chi connectivity index (χ0) is 31.8. The highest BCUT2D eigenvalue weighted by molar-refractivity contribution is 7.89. The lowest BCUT2D eigenvalue weighted by Crippen LogP contribution is -2.33. The van der Waals surface area contributed by atoms with Crippen molar-refractivity contribution in [3.8, 4) is 22.8 Å². The number of fused-ring (bicyclic) bond motifs is 1. The molecule has 5 rings (SSSR count). The molecule has 1 amide bonds. The minimum Gasteiger partial charge on any atom is -0.457 e. The van der Waals surface area contributed by atoms with Crippen molar-refractivity contribution in [2.45, 2.75) is 11.4 Å². The standard InChI is InChI=1S/C28H23F4N7O4S/c1-38(2)44(41,42)25-18(20(29)21(30)22(31)23(25)32)28(40)34-12-13-39-27-19(26(33)35-14-36-27)24(37-39)15-8-10-17(11-9-15)43-16-6-4-3-5-7-16/h3-11,14H,12-13H2,1-2H3,(H,34,40)(H2,33,35,36). The van der Waals surface area contributed by atoms with Crippen LogP contribution in [0.1, 0.15) is 10.4 Å². The van der Waals surface area contributed by atoms with Crippen molar-refractivity contribution in [1.82, 2.24) is 29.4 Å². The number of carbonyl (C=O) groups is 1. The Balaban J connectivity index is 1.42. The normalized spacial score (nSPS) is 11.7. The second-order valence-electron chi connectivity index (χ2n) is 9.47. The minimum atomic E-state index is -4.91. The number of aromatic nitrogens is 4. The van der Waals surface area contributed by atoms with Crippen LogP contribution in [0.3, 0.4) is 0 Å². The number of hydrogen-bond acceptors (Lipinski definition) is 8. The third-order valence-electron chi connectivity index (χ3n) is 6.46. The van der Waals surface area contributed by atoms with Crippen LogP contribution < -0.4 is 15.8 Å². The van der Waals surface area contributed by atoms with Gasteiger partial charge in [-0.05, 0) is 36.4 Å². The molecule has 0 aliphatic rings. The highest BCUT2D eigenvalue weighted by atomic mass is 32.2. The van der Waals surface area contributed by atoms with E-state index in [0.29, 0.717) is 32.4 Å². The molecule has 3 aromatic carbocycles. The van der Waals surface area contributed by atoms with Crippen molar-refractivity contribution < 1.29 is 35.5 Å². The summed E-state index contributed by atoms with van der Waals surface area (Å²) in [6, 6.07) is 16.1. The number of benzene rings is 3. The third-order valence-corrected chi connectivity index (χ3v) is 8.32. The highest BCUT2D eigenvalue weighted by Gasteiger charge is 2.37. The molecule has 0 saturated heterocycles. The summed E-state index contributed by atoms with van der Waals surface area (Å²) in [4.78, 5) is 19.5. The maximum absolute atomic E-state index is 14.7. The molecule has 2 heterocycles. The molecule has 3 N–H and O–H groups in total. The quantitative estimate of drug-likeness (QED) is 0.141. The van der Waals surface area contributed by atoms with E-state index in [1.165, 1.54) is 11.0 Å². The minimum absolute atomic E-state index is 0.114. The van der Waals surface area contributed by atoms with Crippen LogP contribution >= 0.6 is 0 Å². The van der Waals surface area contributed by atoms with E-state index in [1.807, 2.05) is 18.2 Å². The van der Waals surface area contributed by atoms with Gasteiger partial charge in [0.25, 0.3) is 5.91 Å². The van der Waals surface area contributed by atoms with Gasteiger partial charge in [-0.1, -0.05) is 18.2 Å². The number of nitrogens with one attached hydrogen (secondary N) is 1. The number of anilines is 1. The van der Waals surface area contributed by atoms with Gasteiger partial charge in [0.05, 0.1) is 11.9 Å². The summed E-state index contributed by atoms with van der Waals surface area (Å²) in [5.41, 5.74) is 5.91.